The molecule has 3 atom stereocenters. The molecule has 188 valence electrons. The Hall–Kier alpha value is -1.68. The van der Waals surface area contributed by atoms with Crippen LogP contribution in [-0.2, 0) is 14.3 Å². The van der Waals surface area contributed by atoms with Crippen molar-refractivity contribution in [3.05, 3.63) is 39.9 Å². The maximum Gasteiger partial charge on any atom is 0.246 e. The summed E-state index contributed by atoms with van der Waals surface area (Å²) in [6.45, 7) is 3.44. The highest BCUT2D eigenvalue weighted by Gasteiger charge is 2.30. The number of nitrogens with zero attached hydrogens (tertiary/aromatic N) is 3. The predicted octanol–water partition coefficient (Wildman–Crippen LogP) is 1.76. The van der Waals surface area contributed by atoms with E-state index in [2.05, 4.69) is 0 Å². The van der Waals surface area contributed by atoms with Crippen molar-refractivity contribution in [3.8, 4) is 0 Å². The van der Waals surface area contributed by atoms with Crippen LogP contribution >= 0.6 is 23.2 Å². The lowest BCUT2D eigenvalue weighted by molar-refractivity contribution is -0.132. The van der Waals surface area contributed by atoms with Crippen LogP contribution in [0.5, 0.6) is 0 Å². The van der Waals surface area contributed by atoms with Crippen molar-refractivity contribution in [2.24, 2.45) is 5.92 Å². The number of amides is 2. The molecule has 2 amide bonds. The number of rotatable bonds is 8. The fraction of sp³-hybridized carbons (Fsp3) is 0.583. The highest BCUT2D eigenvalue weighted by Crippen LogP contribution is 2.23. The van der Waals surface area contributed by atoms with E-state index in [1.165, 1.54) is 6.08 Å². The molecule has 34 heavy (non-hydrogen) atoms. The minimum Gasteiger partial charge on any atom is -0.391 e. The summed E-state index contributed by atoms with van der Waals surface area (Å²) in [6.07, 6.45) is 2.93. The Balaban J connectivity index is 1.47. The van der Waals surface area contributed by atoms with Crippen LogP contribution in [0.2, 0.25) is 10.0 Å². The highest BCUT2D eigenvalue weighted by molar-refractivity contribution is 6.42. The first-order chi connectivity index (χ1) is 16.3. The van der Waals surface area contributed by atoms with Crippen molar-refractivity contribution < 1.29 is 24.5 Å². The summed E-state index contributed by atoms with van der Waals surface area (Å²) in [6, 6.07) is 5.12. The number of ether oxygens (including phenoxy) is 1. The molecule has 0 spiro atoms. The number of hydrogen-bond acceptors (Lipinski definition) is 6. The van der Waals surface area contributed by atoms with E-state index in [4.69, 9.17) is 27.9 Å². The van der Waals surface area contributed by atoms with Crippen molar-refractivity contribution in [1.82, 2.24) is 14.7 Å². The molecule has 0 aromatic heterocycles. The average Bonchev–Trinajstić information content (AvgIpc) is 2.98. The summed E-state index contributed by atoms with van der Waals surface area (Å²) in [5.74, 6) is -0.157. The van der Waals surface area contributed by atoms with E-state index in [0.717, 1.165) is 18.5 Å². The van der Waals surface area contributed by atoms with E-state index in [0.29, 0.717) is 49.4 Å². The van der Waals surface area contributed by atoms with Crippen LogP contribution < -0.4 is 0 Å². The van der Waals surface area contributed by atoms with Crippen LogP contribution in [-0.4, -0.2) is 108 Å². The van der Waals surface area contributed by atoms with Gasteiger partial charge in [-0.25, -0.2) is 0 Å². The number of β-amino-alcohol motifs (C(OH)–C–C–N with tert-alkyl or cyclic N) is 2. The molecule has 8 nitrogen and oxygen atoms in total. The van der Waals surface area contributed by atoms with Crippen molar-refractivity contribution in [2.45, 2.75) is 25.0 Å². The Morgan fingerprint density at radius 3 is 2.71 bits per heavy atom. The van der Waals surface area contributed by atoms with Gasteiger partial charge < -0.3 is 24.7 Å². The molecule has 0 aliphatic carbocycles. The Bertz CT molecular complexity index is 884. The molecular weight excluding hydrogens is 481 g/mol. The number of methoxy groups -OCH3 is 1. The van der Waals surface area contributed by atoms with Gasteiger partial charge in [0.05, 0.1) is 28.9 Å². The molecule has 1 aromatic carbocycles. The normalized spacial score (nSPS) is 23.4. The minimum atomic E-state index is -0.730. The van der Waals surface area contributed by atoms with Gasteiger partial charge in [0.1, 0.15) is 0 Å². The molecule has 0 radical (unpaired) electrons. The van der Waals surface area contributed by atoms with Crippen molar-refractivity contribution in [2.75, 3.05) is 59.5 Å². The van der Waals surface area contributed by atoms with Crippen molar-refractivity contribution >= 4 is 41.1 Å². The fourth-order valence-electron chi connectivity index (χ4n) is 4.40. The molecule has 3 rings (SSSR count). The number of hydrogen-bond donors (Lipinski definition) is 2. The third-order valence-corrected chi connectivity index (χ3v) is 7.09. The summed E-state index contributed by atoms with van der Waals surface area (Å²) in [5.41, 5.74) is 0.759. The monoisotopic (exact) mass is 513 g/mol. The summed E-state index contributed by atoms with van der Waals surface area (Å²) >= 11 is 11.9. The van der Waals surface area contributed by atoms with Gasteiger partial charge in [-0.3, -0.25) is 14.5 Å². The van der Waals surface area contributed by atoms with Crippen LogP contribution in [0.3, 0.4) is 0 Å². The number of carbonyl (C=O) groups is 2. The summed E-state index contributed by atoms with van der Waals surface area (Å²) in [4.78, 5) is 30.5. The van der Waals surface area contributed by atoms with Gasteiger partial charge in [-0.15, -0.1) is 0 Å². The van der Waals surface area contributed by atoms with Gasteiger partial charge in [-0.2, -0.15) is 0 Å². The van der Waals surface area contributed by atoms with Crippen LogP contribution in [0, 0.1) is 5.92 Å². The third kappa shape index (κ3) is 7.66. The Labute approximate surface area is 210 Å². The lowest BCUT2D eigenvalue weighted by Crippen LogP contribution is -2.50. The largest absolute Gasteiger partial charge is 0.391 e. The first-order valence-corrected chi connectivity index (χ1v) is 12.3. The van der Waals surface area contributed by atoms with Crippen molar-refractivity contribution in [1.29, 1.82) is 0 Å². The third-order valence-electron chi connectivity index (χ3n) is 6.35. The molecule has 10 heteroatoms. The molecule has 0 unspecified atom stereocenters. The van der Waals surface area contributed by atoms with E-state index < -0.39 is 12.2 Å². The van der Waals surface area contributed by atoms with E-state index in [1.54, 1.807) is 41.2 Å². The van der Waals surface area contributed by atoms with Gasteiger partial charge in [-0.1, -0.05) is 29.3 Å². The van der Waals surface area contributed by atoms with Gasteiger partial charge >= 0.3 is 0 Å². The molecule has 2 heterocycles. The van der Waals surface area contributed by atoms with Gasteiger partial charge in [0.25, 0.3) is 0 Å². The number of piperidine rings is 1. The molecule has 2 aliphatic heterocycles. The predicted molar refractivity (Wildman–Crippen MR) is 132 cm³/mol. The number of aliphatic hydroxyl groups excluding tert-OH is 2. The Morgan fingerprint density at radius 2 is 2.00 bits per heavy atom. The van der Waals surface area contributed by atoms with Crippen LogP contribution in [0.1, 0.15) is 18.4 Å². The van der Waals surface area contributed by atoms with E-state index in [-0.39, 0.29) is 30.7 Å². The van der Waals surface area contributed by atoms with E-state index >= 15 is 0 Å². The number of likely N-dealkylation sites (tertiary alicyclic amines) is 1. The first-order valence-electron chi connectivity index (χ1n) is 11.5. The molecule has 1 aromatic rings. The number of carbonyl (C=O) groups excluding carboxylic acids is 2. The van der Waals surface area contributed by atoms with Crippen LogP contribution in [0.25, 0.3) is 6.08 Å². The van der Waals surface area contributed by atoms with Gasteiger partial charge in [0.15, 0.2) is 0 Å². The van der Waals surface area contributed by atoms with Crippen LogP contribution in [0.15, 0.2) is 24.3 Å². The second kappa shape index (κ2) is 12.9. The lowest BCUT2D eigenvalue weighted by atomic mass is 9.94. The maximum atomic E-state index is 12.6. The second-order valence-corrected chi connectivity index (χ2v) is 9.72. The standard InChI is InChI=1S/C24H33Cl2N3O5/c1-34-16-18-6-8-27(15-22(18)31)13-19(30)14-29-11-10-28(9-7-24(29)33)23(32)5-3-17-2-4-20(25)21(26)12-17/h2-5,12,18-19,22,30-31H,6-11,13-16H2,1H3/t18-,19-,22-/m0/s1. The Morgan fingerprint density at radius 1 is 1.21 bits per heavy atom. The zero-order valence-corrected chi connectivity index (χ0v) is 20.9. The second-order valence-electron chi connectivity index (χ2n) is 8.91. The van der Waals surface area contributed by atoms with Gasteiger partial charge in [0.2, 0.25) is 11.8 Å². The summed E-state index contributed by atoms with van der Waals surface area (Å²) in [5, 5.41) is 21.7. The summed E-state index contributed by atoms with van der Waals surface area (Å²) < 4.78 is 5.15. The quantitative estimate of drug-likeness (QED) is 0.514. The smallest absolute Gasteiger partial charge is 0.246 e. The minimum absolute atomic E-state index is 0.0818. The zero-order chi connectivity index (χ0) is 24.7. The SMILES string of the molecule is COC[C@@H]1CCN(C[C@H](O)CN2CCN(C(=O)C=Cc3ccc(Cl)c(Cl)c3)CCC2=O)C[C@@H]1O. The average molecular weight is 514 g/mol. The number of aliphatic hydroxyl groups is 2. The number of benzene rings is 1. The Kier molecular flexibility index (Phi) is 10.2. The molecule has 2 fully saturated rings. The first kappa shape index (κ1) is 26.9. The lowest BCUT2D eigenvalue weighted by Gasteiger charge is -2.37. The molecule has 2 aliphatic rings. The summed E-state index contributed by atoms with van der Waals surface area (Å²) in [7, 11) is 1.63. The van der Waals surface area contributed by atoms with E-state index in [1.807, 2.05) is 4.90 Å². The number of halogens is 2. The van der Waals surface area contributed by atoms with Gasteiger partial charge in [-0.05, 0) is 36.7 Å². The zero-order valence-electron chi connectivity index (χ0n) is 19.4. The molecular formula is C24H33Cl2N3O5. The topological polar surface area (TPSA) is 93.6 Å². The van der Waals surface area contributed by atoms with Crippen molar-refractivity contribution in [3.63, 3.8) is 0 Å². The van der Waals surface area contributed by atoms with Gasteiger partial charge in [0, 0.05) is 64.8 Å². The molecule has 0 bridgehead atoms. The van der Waals surface area contributed by atoms with Crippen LogP contribution in [0.4, 0.5) is 0 Å². The van der Waals surface area contributed by atoms with E-state index in [9.17, 15) is 19.8 Å². The molecule has 2 N–H and O–H groups in total. The molecule has 2 saturated heterocycles. The highest BCUT2D eigenvalue weighted by atomic mass is 35.5. The fourth-order valence-corrected chi connectivity index (χ4v) is 4.71. The maximum absolute atomic E-state index is 12.6. The molecule has 0 saturated carbocycles.